The van der Waals surface area contributed by atoms with Crippen molar-refractivity contribution >= 4 is 33.7 Å². The summed E-state index contributed by atoms with van der Waals surface area (Å²) in [4.78, 5) is 15.8. The molecule has 1 fully saturated rings. The Hall–Kier alpha value is -4.04. The molecule has 1 aliphatic heterocycles. The van der Waals surface area contributed by atoms with Crippen molar-refractivity contribution in [3.05, 3.63) is 84.1 Å². The van der Waals surface area contributed by atoms with Gasteiger partial charge >= 0.3 is 0 Å². The van der Waals surface area contributed by atoms with Crippen LogP contribution in [0.25, 0.3) is 16.6 Å². The van der Waals surface area contributed by atoms with Crippen LogP contribution in [0.5, 0.6) is 0 Å². The number of rotatable bonds is 5. The maximum atomic E-state index is 4.58. The first-order valence-corrected chi connectivity index (χ1v) is 12.0. The lowest BCUT2D eigenvalue weighted by Gasteiger charge is -2.36. The molecule has 35 heavy (non-hydrogen) atoms. The summed E-state index contributed by atoms with van der Waals surface area (Å²) in [5.41, 5.74) is 7.74. The van der Waals surface area contributed by atoms with Gasteiger partial charge in [0, 0.05) is 48.6 Å². The molecular weight excluding hydrogens is 436 g/mol. The van der Waals surface area contributed by atoms with Crippen molar-refractivity contribution in [2.45, 2.75) is 26.3 Å². The summed E-state index contributed by atoms with van der Waals surface area (Å²) in [6, 6.07) is 17.6. The topological polar surface area (TPSA) is 83.3 Å². The van der Waals surface area contributed by atoms with Gasteiger partial charge in [0.15, 0.2) is 5.65 Å². The van der Waals surface area contributed by atoms with Gasteiger partial charge in [-0.05, 0) is 79.4 Å². The van der Waals surface area contributed by atoms with Crippen molar-refractivity contribution < 1.29 is 0 Å². The fourth-order valence-electron chi connectivity index (χ4n) is 4.84. The number of nitrogens with one attached hydrogen (secondary N) is 2. The highest BCUT2D eigenvalue weighted by Crippen LogP contribution is 2.29. The Bertz CT molecular complexity index is 1510. The van der Waals surface area contributed by atoms with Gasteiger partial charge in [0.05, 0.1) is 5.52 Å². The predicted octanol–water partition coefficient (Wildman–Crippen LogP) is 4.11. The zero-order chi connectivity index (χ0) is 23.8. The van der Waals surface area contributed by atoms with Crippen molar-refractivity contribution in [3.8, 4) is 0 Å². The third kappa shape index (κ3) is 4.28. The van der Waals surface area contributed by atoms with Gasteiger partial charge in [0.1, 0.15) is 18.5 Å². The van der Waals surface area contributed by atoms with Crippen LogP contribution in [0.3, 0.4) is 0 Å². The number of aryl methyl sites for hydroxylation is 1. The van der Waals surface area contributed by atoms with Gasteiger partial charge in [-0.2, -0.15) is 5.10 Å². The standard InChI is InChI=1S/C27H28N8/c1-18-11-22(4-3-21(18)12-20-7-9-35-26(13-20)30-17-32-35)33-27-24-14-23(5-6-25(24)29-16-31-27)34-10-8-28-15-19(34)2/h3-7,9,11,13-14,16-17,19,28H,8,10,12,15H2,1-2H3,(H,29,31,33)/t19-/m0/s1. The summed E-state index contributed by atoms with van der Waals surface area (Å²) in [6.07, 6.45) is 6.01. The van der Waals surface area contributed by atoms with Gasteiger partial charge in [-0.3, -0.25) is 0 Å². The molecule has 0 saturated carbocycles. The van der Waals surface area contributed by atoms with Gasteiger partial charge in [-0.25, -0.2) is 19.5 Å². The molecule has 1 aliphatic rings. The maximum absolute atomic E-state index is 4.58. The zero-order valence-corrected chi connectivity index (χ0v) is 19.9. The Morgan fingerprint density at radius 3 is 2.86 bits per heavy atom. The van der Waals surface area contributed by atoms with E-state index in [0.29, 0.717) is 6.04 Å². The van der Waals surface area contributed by atoms with E-state index in [2.05, 4.69) is 98.0 Å². The summed E-state index contributed by atoms with van der Waals surface area (Å²) in [6.45, 7) is 7.39. The third-order valence-corrected chi connectivity index (χ3v) is 6.80. The van der Waals surface area contributed by atoms with Crippen LogP contribution in [0.4, 0.5) is 17.2 Å². The first kappa shape index (κ1) is 21.5. The van der Waals surface area contributed by atoms with E-state index in [1.54, 1.807) is 17.2 Å². The number of hydrogen-bond acceptors (Lipinski definition) is 7. The first-order valence-electron chi connectivity index (χ1n) is 12.0. The molecule has 0 unspecified atom stereocenters. The molecule has 8 nitrogen and oxygen atoms in total. The minimum Gasteiger partial charge on any atom is -0.366 e. The molecule has 8 heteroatoms. The molecule has 176 valence electrons. The van der Waals surface area contributed by atoms with Gasteiger partial charge < -0.3 is 15.5 Å². The van der Waals surface area contributed by atoms with Crippen LogP contribution < -0.4 is 15.5 Å². The third-order valence-electron chi connectivity index (χ3n) is 6.80. The molecule has 1 saturated heterocycles. The van der Waals surface area contributed by atoms with Gasteiger partial charge in [0.25, 0.3) is 0 Å². The average molecular weight is 465 g/mol. The second-order valence-electron chi connectivity index (χ2n) is 9.21. The lowest BCUT2D eigenvalue weighted by Crippen LogP contribution is -2.49. The second-order valence-corrected chi connectivity index (χ2v) is 9.21. The fraction of sp³-hybridized carbons (Fsp3) is 0.259. The Balaban J connectivity index is 1.26. The van der Waals surface area contributed by atoms with Crippen LogP contribution >= 0.6 is 0 Å². The second kappa shape index (κ2) is 8.96. The van der Waals surface area contributed by atoms with Gasteiger partial charge in [-0.15, -0.1) is 0 Å². The van der Waals surface area contributed by atoms with E-state index in [1.807, 2.05) is 6.20 Å². The largest absolute Gasteiger partial charge is 0.366 e. The normalized spacial score (nSPS) is 16.2. The Morgan fingerprint density at radius 1 is 1.03 bits per heavy atom. The van der Waals surface area contributed by atoms with Crippen molar-refractivity contribution in [3.63, 3.8) is 0 Å². The minimum absolute atomic E-state index is 0.447. The van der Waals surface area contributed by atoms with E-state index < -0.39 is 0 Å². The van der Waals surface area contributed by atoms with E-state index in [4.69, 9.17) is 0 Å². The molecule has 4 heterocycles. The van der Waals surface area contributed by atoms with Crippen molar-refractivity contribution in [2.24, 2.45) is 0 Å². The summed E-state index contributed by atoms with van der Waals surface area (Å²) in [5.74, 6) is 0.823. The molecule has 0 bridgehead atoms. The van der Waals surface area contributed by atoms with Crippen LogP contribution in [0, 0.1) is 6.92 Å². The molecular formula is C27H28N8. The summed E-state index contributed by atoms with van der Waals surface area (Å²) in [7, 11) is 0. The Morgan fingerprint density at radius 2 is 1.97 bits per heavy atom. The van der Waals surface area contributed by atoms with Crippen LogP contribution in [0.2, 0.25) is 0 Å². The number of aromatic nitrogens is 5. The average Bonchev–Trinajstić information content (AvgIpc) is 3.34. The molecule has 0 aliphatic carbocycles. The fourth-order valence-corrected chi connectivity index (χ4v) is 4.84. The molecule has 5 aromatic rings. The summed E-state index contributed by atoms with van der Waals surface area (Å²) in [5, 5.41) is 12.2. The monoisotopic (exact) mass is 464 g/mol. The molecule has 2 aromatic carbocycles. The SMILES string of the molecule is Cc1cc(Nc2ncnc3ccc(N4CCNC[C@@H]4C)cc23)ccc1Cc1ccn2ncnc2c1. The number of nitrogens with zero attached hydrogens (tertiary/aromatic N) is 6. The van der Waals surface area contributed by atoms with E-state index in [9.17, 15) is 0 Å². The highest BCUT2D eigenvalue weighted by atomic mass is 15.3. The van der Waals surface area contributed by atoms with E-state index in [-0.39, 0.29) is 0 Å². The van der Waals surface area contributed by atoms with Gasteiger partial charge in [-0.1, -0.05) is 6.07 Å². The number of fused-ring (bicyclic) bond motifs is 2. The molecule has 0 spiro atoms. The van der Waals surface area contributed by atoms with E-state index >= 15 is 0 Å². The number of piperazine rings is 1. The number of pyridine rings is 1. The van der Waals surface area contributed by atoms with Crippen molar-refractivity contribution in [1.29, 1.82) is 0 Å². The summed E-state index contributed by atoms with van der Waals surface area (Å²) >= 11 is 0. The van der Waals surface area contributed by atoms with Crippen LogP contribution in [0.1, 0.15) is 23.6 Å². The van der Waals surface area contributed by atoms with Crippen LogP contribution in [-0.4, -0.2) is 50.2 Å². The highest BCUT2D eigenvalue weighted by molar-refractivity contribution is 5.93. The first-order chi connectivity index (χ1) is 17.1. The summed E-state index contributed by atoms with van der Waals surface area (Å²) < 4.78 is 1.78. The molecule has 3 aromatic heterocycles. The van der Waals surface area contributed by atoms with E-state index in [0.717, 1.165) is 54.1 Å². The zero-order valence-electron chi connectivity index (χ0n) is 19.9. The van der Waals surface area contributed by atoms with Crippen molar-refractivity contribution in [1.82, 2.24) is 29.9 Å². The minimum atomic E-state index is 0.447. The Kier molecular flexibility index (Phi) is 5.50. The van der Waals surface area contributed by atoms with Crippen LogP contribution in [-0.2, 0) is 6.42 Å². The molecule has 1 atom stereocenters. The number of benzene rings is 2. The molecule has 6 rings (SSSR count). The highest BCUT2D eigenvalue weighted by Gasteiger charge is 2.19. The molecule has 0 radical (unpaired) electrons. The maximum Gasteiger partial charge on any atom is 0.155 e. The number of hydrogen-bond donors (Lipinski definition) is 2. The lowest BCUT2D eigenvalue weighted by atomic mass is 10.0. The smallest absolute Gasteiger partial charge is 0.155 e. The predicted molar refractivity (Wildman–Crippen MR) is 139 cm³/mol. The Labute approximate surface area is 204 Å². The lowest BCUT2D eigenvalue weighted by molar-refractivity contribution is 0.501. The van der Waals surface area contributed by atoms with Crippen LogP contribution in [0.15, 0.2) is 67.4 Å². The quantitative estimate of drug-likeness (QED) is 0.405. The molecule has 0 amide bonds. The van der Waals surface area contributed by atoms with E-state index in [1.165, 1.54) is 22.4 Å². The molecule has 2 N–H and O–H groups in total. The van der Waals surface area contributed by atoms with Gasteiger partial charge in [0.2, 0.25) is 0 Å². The number of anilines is 3. The van der Waals surface area contributed by atoms with Crippen molar-refractivity contribution in [2.75, 3.05) is 29.9 Å².